The lowest BCUT2D eigenvalue weighted by molar-refractivity contribution is 0.177. The van der Waals surface area contributed by atoms with Gasteiger partial charge in [-0.25, -0.2) is 8.78 Å². The quantitative estimate of drug-likeness (QED) is 0.660. The van der Waals surface area contributed by atoms with Crippen LogP contribution in [0, 0.1) is 29.4 Å². The Morgan fingerprint density at radius 1 is 1.00 bits per heavy atom. The zero-order chi connectivity index (χ0) is 13.7. The summed E-state index contributed by atoms with van der Waals surface area (Å²) in [6, 6.07) is 3.02. The summed E-state index contributed by atoms with van der Waals surface area (Å²) in [5.74, 6) is -0.804. The van der Waals surface area contributed by atoms with E-state index in [-0.39, 0.29) is 28.9 Å². The van der Waals surface area contributed by atoms with Crippen LogP contribution in [0.3, 0.4) is 0 Å². The number of hydrogen-bond acceptors (Lipinski definition) is 0. The van der Waals surface area contributed by atoms with Crippen LogP contribution in [0.2, 0.25) is 12.6 Å². The molecule has 0 atom stereocenters. The van der Waals surface area contributed by atoms with Crippen LogP contribution >= 0.6 is 0 Å². The molecule has 0 saturated carbocycles. The summed E-state index contributed by atoms with van der Waals surface area (Å²) in [6.07, 6.45) is 1.92. The molecule has 0 nitrogen and oxygen atoms in total. The molecule has 3 heteroatoms. The molecule has 1 aliphatic heterocycles. The van der Waals surface area contributed by atoms with Crippen molar-refractivity contribution in [2.75, 3.05) is 0 Å². The molecule has 0 aliphatic carbocycles. The summed E-state index contributed by atoms with van der Waals surface area (Å²) >= 11 is 0. The molecule has 1 aliphatic rings. The van der Waals surface area contributed by atoms with Crippen molar-refractivity contribution in [2.45, 2.75) is 47.3 Å². The molecule has 0 amide bonds. The van der Waals surface area contributed by atoms with Gasteiger partial charge < -0.3 is 0 Å². The van der Waals surface area contributed by atoms with Crippen LogP contribution < -0.4 is 5.46 Å². The summed E-state index contributed by atoms with van der Waals surface area (Å²) in [7, 11) is 0. The smallest absolute Gasteiger partial charge is 0.180 e. The van der Waals surface area contributed by atoms with Gasteiger partial charge in [0.25, 0.3) is 0 Å². The van der Waals surface area contributed by atoms with Gasteiger partial charge in [0.1, 0.15) is 11.6 Å². The lowest BCUT2D eigenvalue weighted by Crippen LogP contribution is -2.31. The van der Waals surface area contributed by atoms with Crippen LogP contribution in [0.1, 0.15) is 33.3 Å². The molecule has 1 heterocycles. The molecule has 0 spiro atoms. The van der Waals surface area contributed by atoms with Crippen molar-refractivity contribution in [3.05, 3.63) is 29.3 Å². The molecular weight excluding hydrogens is 229 g/mol. The zero-order valence-corrected chi connectivity index (χ0v) is 11.9. The van der Waals surface area contributed by atoms with Crippen molar-refractivity contribution in [3.63, 3.8) is 0 Å². The van der Waals surface area contributed by atoms with Gasteiger partial charge in [0.15, 0.2) is 6.71 Å². The minimum Gasteiger partial charge on any atom is -0.207 e. The maximum absolute atomic E-state index is 14.2. The molecule has 0 unspecified atom stereocenters. The predicted octanol–water partition coefficient (Wildman–Crippen LogP) is 4.04. The lowest BCUT2D eigenvalue weighted by atomic mass is 9.42. The lowest BCUT2D eigenvalue weighted by Gasteiger charge is -2.35. The normalized spacial score (nSPS) is 21.4. The van der Waals surface area contributed by atoms with Gasteiger partial charge in [0, 0.05) is 5.56 Å². The van der Waals surface area contributed by atoms with E-state index in [2.05, 4.69) is 27.7 Å². The van der Waals surface area contributed by atoms with Gasteiger partial charge >= 0.3 is 0 Å². The molecule has 98 valence electrons. The fourth-order valence-electron chi connectivity index (χ4n) is 3.07. The average molecular weight is 250 g/mol. The SMILES string of the molecule is Cc1c(F)ccc(B2CC(C)(C)C(C)(C)C2)c1F. The molecule has 0 bridgehead atoms. The predicted molar refractivity (Wildman–Crippen MR) is 73.7 cm³/mol. The van der Waals surface area contributed by atoms with Gasteiger partial charge in [-0.15, -0.1) is 0 Å². The first-order valence-electron chi connectivity index (χ1n) is 6.60. The minimum atomic E-state index is -0.451. The molecular formula is C15H21BF2. The van der Waals surface area contributed by atoms with Crippen molar-refractivity contribution in [2.24, 2.45) is 10.8 Å². The monoisotopic (exact) mass is 250 g/mol. The van der Waals surface area contributed by atoms with E-state index in [1.807, 2.05) is 0 Å². The van der Waals surface area contributed by atoms with E-state index in [4.69, 9.17) is 0 Å². The third-order valence-electron chi connectivity index (χ3n) is 5.14. The summed E-state index contributed by atoms with van der Waals surface area (Å²) in [5, 5.41) is 0. The molecule has 2 rings (SSSR count). The molecule has 0 aromatic heterocycles. The van der Waals surface area contributed by atoms with Gasteiger partial charge in [-0.05, 0) is 29.3 Å². The molecule has 1 aromatic rings. The fourth-order valence-corrected chi connectivity index (χ4v) is 3.07. The number of rotatable bonds is 1. The van der Waals surface area contributed by atoms with Crippen LogP contribution in [0.15, 0.2) is 12.1 Å². The zero-order valence-electron chi connectivity index (χ0n) is 11.9. The molecule has 18 heavy (non-hydrogen) atoms. The van der Waals surface area contributed by atoms with Crippen molar-refractivity contribution in [1.82, 2.24) is 0 Å². The first-order valence-corrected chi connectivity index (χ1v) is 6.60. The van der Waals surface area contributed by atoms with Gasteiger partial charge in [-0.2, -0.15) is 0 Å². The minimum absolute atomic E-state index is 0.148. The highest BCUT2D eigenvalue weighted by Crippen LogP contribution is 2.52. The van der Waals surface area contributed by atoms with Gasteiger partial charge in [0.2, 0.25) is 0 Å². The average Bonchev–Trinajstić information content (AvgIpc) is 2.45. The van der Waals surface area contributed by atoms with Crippen LogP contribution in [-0.2, 0) is 0 Å². The van der Waals surface area contributed by atoms with E-state index in [0.29, 0.717) is 5.46 Å². The first-order chi connectivity index (χ1) is 8.16. The molecule has 1 aromatic carbocycles. The van der Waals surface area contributed by atoms with Crippen LogP contribution in [0.4, 0.5) is 8.78 Å². The van der Waals surface area contributed by atoms with E-state index < -0.39 is 5.82 Å². The second-order valence-electron chi connectivity index (χ2n) is 6.95. The number of hydrogen-bond donors (Lipinski definition) is 0. The Labute approximate surface area is 109 Å². The highest BCUT2D eigenvalue weighted by atomic mass is 19.1. The van der Waals surface area contributed by atoms with Crippen molar-refractivity contribution in [1.29, 1.82) is 0 Å². The Hall–Kier alpha value is -0.855. The largest absolute Gasteiger partial charge is 0.207 e. The van der Waals surface area contributed by atoms with E-state index in [1.54, 1.807) is 6.07 Å². The Morgan fingerprint density at radius 3 is 2.00 bits per heavy atom. The van der Waals surface area contributed by atoms with Crippen LogP contribution in [0.25, 0.3) is 0 Å². The molecule has 1 saturated heterocycles. The standard InChI is InChI=1S/C15H21BF2/c1-10-12(17)7-6-11(13(10)18)16-8-14(2,3)15(4,5)9-16/h6-7H,8-9H2,1-5H3. The summed E-state index contributed by atoms with van der Waals surface area (Å²) < 4.78 is 27.5. The van der Waals surface area contributed by atoms with Crippen molar-refractivity contribution < 1.29 is 8.78 Å². The van der Waals surface area contributed by atoms with Crippen LogP contribution in [0.5, 0.6) is 0 Å². The second kappa shape index (κ2) is 4.08. The molecule has 1 fully saturated rings. The Bertz CT molecular complexity index is 462. The summed E-state index contributed by atoms with van der Waals surface area (Å²) in [5.41, 5.74) is 1.21. The van der Waals surface area contributed by atoms with Gasteiger partial charge in [-0.3, -0.25) is 0 Å². The van der Waals surface area contributed by atoms with Gasteiger partial charge in [-0.1, -0.05) is 46.4 Å². The Balaban J connectivity index is 2.39. The molecule has 0 N–H and O–H groups in total. The Morgan fingerprint density at radius 2 is 1.50 bits per heavy atom. The number of halogens is 2. The van der Waals surface area contributed by atoms with E-state index >= 15 is 0 Å². The highest BCUT2D eigenvalue weighted by molar-refractivity contribution is 6.74. The maximum atomic E-state index is 14.2. The Kier molecular flexibility index (Phi) is 3.07. The van der Waals surface area contributed by atoms with E-state index in [1.165, 1.54) is 13.0 Å². The topological polar surface area (TPSA) is 0 Å². The summed E-state index contributed by atoms with van der Waals surface area (Å²) in [6.45, 7) is 10.7. The molecule has 0 radical (unpaired) electrons. The fraction of sp³-hybridized carbons (Fsp3) is 0.600. The summed E-state index contributed by atoms with van der Waals surface area (Å²) in [4.78, 5) is 0. The van der Waals surface area contributed by atoms with Crippen molar-refractivity contribution >= 4 is 12.2 Å². The van der Waals surface area contributed by atoms with Gasteiger partial charge in [0.05, 0.1) is 0 Å². The third kappa shape index (κ3) is 1.98. The first kappa shape index (κ1) is 13.6. The van der Waals surface area contributed by atoms with E-state index in [0.717, 1.165) is 12.6 Å². The number of benzene rings is 1. The van der Waals surface area contributed by atoms with Crippen LogP contribution in [-0.4, -0.2) is 6.71 Å². The second-order valence-corrected chi connectivity index (χ2v) is 6.95. The van der Waals surface area contributed by atoms with Crippen molar-refractivity contribution in [3.8, 4) is 0 Å². The van der Waals surface area contributed by atoms with E-state index in [9.17, 15) is 8.78 Å². The third-order valence-corrected chi connectivity index (χ3v) is 5.14. The highest BCUT2D eigenvalue weighted by Gasteiger charge is 2.48. The maximum Gasteiger partial charge on any atom is 0.180 e.